The van der Waals surface area contributed by atoms with Gasteiger partial charge in [0, 0.05) is 19.2 Å². The summed E-state index contributed by atoms with van der Waals surface area (Å²) in [6.45, 7) is 0.0345. The molecule has 12 heteroatoms. The van der Waals surface area contributed by atoms with Crippen LogP contribution in [0, 0.1) is 0 Å². The molecule has 2 amide bonds. The molecule has 6 N–H and O–H groups in total. The van der Waals surface area contributed by atoms with Crippen LogP contribution in [0.2, 0.25) is 0 Å². The van der Waals surface area contributed by atoms with Crippen LogP contribution >= 0.6 is 0 Å². The number of pyridine rings is 1. The van der Waals surface area contributed by atoms with Gasteiger partial charge in [-0.2, -0.15) is 13.2 Å². The van der Waals surface area contributed by atoms with Gasteiger partial charge in [-0.1, -0.05) is 24.3 Å². The van der Waals surface area contributed by atoms with E-state index >= 15 is 0 Å². The smallest absolute Gasteiger partial charge is 0.416 e. The molecule has 1 atom stereocenters. The summed E-state index contributed by atoms with van der Waals surface area (Å²) in [5.41, 5.74) is 5.06. The van der Waals surface area contributed by atoms with Crippen molar-refractivity contribution in [2.24, 2.45) is 0 Å². The molecule has 0 aliphatic carbocycles. The monoisotopic (exact) mass is 475 g/mol. The van der Waals surface area contributed by atoms with E-state index in [9.17, 15) is 27.6 Å². The molecule has 0 saturated carbocycles. The maximum atomic E-state index is 13.1. The lowest BCUT2D eigenvalue weighted by molar-refractivity contribution is -0.137. The number of rotatable bonds is 8. The summed E-state index contributed by atoms with van der Waals surface area (Å²) >= 11 is 0. The number of nitrogen functional groups attached to an aromatic ring is 1. The van der Waals surface area contributed by atoms with Crippen molar-refractivity contribution in [2.45, 2.75) is 25.2 Å². The number of nitrogens with zero attached hydrogens (tertiary/aromatic N) is 1. The summed E-state index contributed by atoms with van der Waals surface area (Å²) in [6, 6.07) is 8.72. The fraction of sp³-hybridized carbons (Fsp3) is 0.182. The molecule has 2 heterocycles. The van der Waals surface area contributed by atoms with Gasteiger partial charge >= 0.3 is 12.1 Å². The number of benzene rings is 1. The lowest BCUT2D eigenvalue weighted by atomic mass is 10.0. The Balaban J connectivity index is 1.79. The maximum Gasteiger partial charge on any atom is 0.416 e. The predicted octanol–water partition coefficient (Wildman–Crippen LogP) is 2.37. The maximum absolute atomic E-state index is 13.1. The molecule has 0 unspecified atom stereocenters. The van der Waals surface area contributed by atoms with Crippen LogP contribution in [-0.2, 0) is 23.9 Å². The number of halogens is 3. The van der Waals surface area contributed by atoms with E-state index in [-0.39, 0.29) is 35.7 Å². The van der Waals surface area contributed by atoms with Crippen LogP contribution < -0.4 is 16.4 Å². The number of aromatic carboxylic acids is 1. The van der Waals surface area contributed by atoms with E-state index in [1.807, 2.05) is 0 Å². The molecule has 178 valence electrons. The molecule has 0 spiro atoms. The fourth-order valence-electron chi connectivity index (χ4n) is 3.06. The first-order valence-electron chi connectivity index (χ1n) is 9.90. The van der Waals surface area contributed by atoms with E-state index < -0.39 is 35.6 Å². The number of aromatic nitrogens is 2. The second-order valence-electron chi connectivity index (χ2n) is 7.33. The molecule has 0 aliphatic heterocycles. The van der Waals surface area contributed by atoms with Crippen LogP contribution in [0.1, 0.15) is 37.7 Å². The molecule has 34 heavy (non-hydrogen) atoms. The minimum absolute atomic E-state index is 0.0345. The molecule has 0 fully saturated rings. The van der Waals surface area contributed by atoms with E-state index in [2.05, 4.69) is 20.6 Å². The Morgan fingerprint density at radius 2 is 1.79 bits per heavy atom. The Kier molecular flexibility index (Phi) is 7.19. The van der Waals surface area contributed by atoms with Crippen molar-refractivity contribution in [2.75, 3.05) is 5.73 Å². The van der Waals surface area contributed by atoms with Crippen molar-refractivity contribution in [3.8, 4) is 0 Å². The molecule has 2 aromatic heterocycles. The third-order valence-electron chi connectivity index (χ3n) is 4.79. The summed E-state index contributed by atoms with van der Waals surface area (Å²) in [5, 5.41) is 14.0. The highest BCUT2D eigenvalue weighted by molar-refractivity contribution is 5.98. The first kappa shape index (κ1) is 24.3. The Morgan fingerprint density at radius 1 is 1.06 bits per heavy atom. The number of alkyl halides is 3. The van der Waals surface area contributed by atoms with E-state index in [4.69, 9.17) is 10.8 Å². The minimum Gasteiger partial charge on any atom is -0.477 e. The van der Waals surface area contributed by atoms with Gasteiger partial charge in [-0.25, -0.2) is 9.78 Å². The van der Waals surface area contributed by atoms with Crippen molar-refractivity contribution in [1.29, 1.82) is 0 Å². The molecule has 3 aromatic rings. The van der Waals surface area contributed by atoms with Crippen molar-refractivity contribution >= 4 is 23.6 Å². The molecule has 9 nitrogen and oxygen atoms in total. The van der Waals surface area contributed by atoms with Crippen LogP contribution in [0.4, 0.5) is 19.0 Å². The molecule has 3 rings (SSSR count). The number of carbonyl (C=O) groups excluding carboxylic acids is 2. The molecule has 0 bridgehead atoms. The molecular weight excluding hydrogens is 455 g/mol. The van der Waals surface area contributed by atoms with Gasteiger partial charge in [0.2, 0.25) is 5.91 Å². The predicted molar refractivity (Wildman–Crippen MR) is 115 cm³/mol. The average Bonchev–Trinajstić information content (AvgIpc) is 3.29. The van der Waals surface area contributed by atoms with Gasteiger partial charge in [0.05, 0.1) is 5.56 Å². The number of hydrogen-bond acceptors (Lipinski definition) is 5. The number of amides is 2. The first-order valence-corrected chi connectivity index (χ1v) is 9.90. The summed E-state index contributed by atoms with van der Waals surface area (Å²) in [6.07, 6.45) is -3.37. The number of carboxylic acids is 1. The Bertz CT molecular complexity index is 1190. The van der Waals surface area contributed by atoms with Crippen molar-refractivity contribution < 1.29 is 32.7 Å². The standard InChI is InChI=1S/C22H20F3N5O4/c23-22(24,25)14-3-1-2-12(8-14)9-17(19(31)28-11-13-4-7-18(26)27-10-13)30-20(32)15-5-6-16(29-15)21(33)34/h1-8,10,17,29H,9,11H2,(H2,26,27)(H,28,31)(H,30,32)(H,33,34)/t17-/m0/s1. The Hall–Kier alpha value is -4.35. The topological polar surface area (TPSA) is 150 Å². The second kappa shape index (κ2) is 10.1. The number of H-pyrrole nitrogens is 1. The van der Waals surface area contributed by atoms with Crippen LogP contribution in [0.25, 0.3) is 0 Å². The number of hydrogen-bond donors (Lipinski definition) is 5. The largest absolute Gasteiger partial charge is 0.477 e. The summed E-state index contributed by atoms with van der Waals surface area (Å²) in [4.78, 5) is 42.8. The SMILES string of the molecule is Nc1ccc(CNC(=O)[C@H](Cc2cccc(C(F)(F)F)c2)NC(=O)c2ccc(C(=O)O)[nH]2)cn1. The van der Waals surface area contributed by atoms with E-state index in [0.717, 1.165) is 12.1 Å². The number of nitrogens with one attached hydrogen (secondary N) is 3. The van der Waals surface area contributed by atoms with Crippen LogP contribution in [-0.4, -0.2) is 38.9 Å². The van der Waals surface area contributed by atoms with Gasteiger partial charge in [-0.3, -0.25) is 9.59 Å². The molecular formula is C22H20F3N5O4. The zero-order valence-corrected chi connectivity index (χ0v) is 17.5. The number of aromatic amines is 1. The highest BCUT2D eigenvalue weighted by Gasteiger charge is 2.31. The molecule has 1 aromatic carbocycles. The lowest BCUT2D eigenvalue weighted by Crippen LogP contribution is -2.48. The summed E-state index contributed by atoms with van der Waals surface area (Å²) in [7, 11) is 0. The van der Waals surface area contributed by atoms with Crippen LogP contribution in [0.3, 0.4) is 0 Å². The minimum atomic E-state index is -4.57. The van der Waals surface area contributed by atoms with E-state index in [1.165, 1.54) is 36.5 Å². The fourth-order valence-corrected chi connectivity index (χ4v) is 3.06. The second-order valence-corrected chi connectivity index (χ2v) is 7.33. The highest BCUT2D eigenvalue weighted by atomic mass is 19.4. The van der Waals surface area contributed by atoms with Gasteiger partial charge in [0.15, 0.2) is 0 Å². The summed E-state index contributed by atoms with van der Waals surface area (Å²) < 4.78 is 39.3. The third kappa shape index (κ3) is 6.34. The normalized spacial score (nSPS) is 12.1. The van der Waals surface area contributed by atoms with Gasteiger partial charge < -0.3 is 26.5 Å². The zero-order chi connectivity index (χ0) is 24.9. The molecule has 0 saturated heterocycles. The average molecular weight is 475 g/mol. The quantitative estimate of drug-likeness (QED) is 0.338. The van der Waals surface area contributed by atoms with Crippen molar-refractivity contribution in [3.05, 3.63) is 82.8 Å². The van der Waals surface area contributed by atoms with Gasteiger partial charge in [0.1, 0.15) is 23.2 Å². The number of nitrogens with two attached hydrogens (primary N) is 1. The van der Waals surface area contributed by atoms with Gasteiger partial charge in [0.25, 0.3) is 5.91 Å². The van der Waals surface area contributed by atoms with Crippen molar-refractivity contribution in [1.82, 2.24) is 20.6 Å². The van der Waals surface area contributed by atoms with E-state index in [0.29, 0.717) is 5.56 Å². The summed E-state index contributed by atoms with van der Waals surface area (Å²) in [5.74, 6) is -2.45. The first-order chi connectivity index (χ1) is 16.0. The highest BCUT2D eigenvalue weighted by Crippen LogP contribution is 2.29. The van der Waals surface area contributed by atoms with Gasteiger partial charge in [-0.15, -0.1) is 0 Å². The third-order valence-corrected chi connectivity index (χ3v) is 4.79. The number of carbonyl (C=O) groups is 3. The van der Waals surface area contributed by atoms with E-state index in [1.54, 1.807) is 6.07 Å². The van der Waals surface area contributed by atoms with Gasteiger partial charge in [-0.05, 0) is 35.4 Å². The molecule has 0 aliphatic rings. The molecule has 0 radical (unpaired) electrons. The number of carboxylic acid groups (broad SMARTS) is 1. The lowest BCUT2D eigenvalue weighted by Gasteiger charge is -2.19. The van der Waals surface area contributed by atoms with Crippen molar-refractivity contribution in [3.63, 3.8) is 0 Å². The Morgan fingerprint density at radius 3 is 2.41 bits per heavy atom. The number of anilines is 1. The zero-order valence-electron chi connectivity index (χ0n) is 17.5. The van der Waals surface area contributed by atoms with Crippen LogP contribution in [0.15, 0.2) is 54.7 Å². The Labute approximate surface area is 191 Å². The van der Waals surface area contributed by atoms with Crippen LogP contribution in [0.5, 0.6) is 0 Å².